The van der Waals surface area contributed by atoms with E-state index in [0.717, 1.165) is 5.92 Å². The third kappa shape index (κ3) is 2.15. The molecule has 1 saturated carbocycles. The average Bonchev–Trinajstić information content (AvgIpc) is 2.47. The highest BCUT2D eigenvalue weighted by atomic mass is 14.5. The Morgan fingerprint density at radius 1 is 1.00 bits per heavy atom. The van der Waals surface area contributed by atoms with Crippen LogP contribution in [0.1, 0.15) is 49.1 Å². The summed E-state index contributed by atoms with van der Waals surface area (Å²) in [7, 11) is 0. The van der Waals surface area contributed by atoms with Crippen molar-refractivity contribution in [1.82, 2.24) is 0 Å². The molecule has 0 bridgehead atoms. The molecule has 0 aromatic heterocycles. The molecule has 0 heterocycles. The lowest BCUT2D eigenvalue weighted by molar-refractivity contribution is 0.445. The molecule has 0 spiro atoms. The van der Waals surface area contributed by atoms with E-state index >= 15 is 0 Å². The molecule has 2 N–H and O–H groups in total. The lowest BCUT2D eigenvalue weighted by Gasteiger charge is -2.24. The fourth-order valence-electron chi connectivity index (χ4n) is 3.27. The third-order valence-electron chi connectivity index (χ3n) is 4.23. The Kier molecular flexibility index (Phi) is 3.33. The minimum Gasteiger partial charge on any atom is -0.326 e. The number of fused-ring (bicyclic) bond motifs is 1. The standard InChI is InChI=1S/C17H21N/c18-12-13-10-15-8-4-5-9-16(15)17(11-13)14-6-2-1-3-7-14/h4-5,8-11,14H,1-3,6-7,12,18H2. The molecule has 2 aromatic rings. The van der Waals surface area contributed by atoms with Gasteiger partial charge >= 0.3 is 0 Å². The minimum atomic E-state index is 0.643. The van der Waals surface area contributed by atoms with Crippen LogP contribution in [0, 0.1) is 0 Å². The van der Waals surface area contributed by atoms with Gasteiger partial charge in [-0.3, -0.25) is 0 Å². The topological polar surface area (TPSA) is 26.0 Å². The molecule has 1 nitrogen and oxygen atoms in total. The smallest absolute Gasteiger partial charge is 0.0178 e. The highest BCUT2D eigenvalue weighted by Gasteiger charge is 2.18. The van der Waals surface area contributed by atoms with Gasteiger partial charge in [0.2, 0.25) is 0 Å². The number of benzene rings is 2. The van der Waals surface area contributed by atoms with E-state index in [2.05, 4.69) is 36.4 Å². The van der Waals surface area contributed by atoms with Gasteiger partial charge in [-0.15, -0.1) is 0 Å². The summed E-state index contributed by atoms with van der Waals surface area (Å²) in [6.07, 6.45) is 6.86. The second-order valence-electron chi connectivity index (χ2n) is 5.45. The highest BCUT2D eigenvalue weighted by Crippen LogP contribution is 2.36. The summed E-state index contributed by atoms with van der Waals surface area (Å²) < 4.78 is 0. The van der Waals surface area contributed by atoms with Crippen LogP contribution in [0.25, 0.3) is 10.8 Å². The summed E-state index contributed by atoms with van der Waals surface area (Å²) in [5, 5.41) is 2.78. The Balaban J connectivity index is 2.12. The SMILES string of the molecule is NCc1cc(C2CCCCC2)c2ccccc2c1. The van der Waals surface area contributed by atoms with Gasteiger partial charge in [0, 0.05) is 6.54 Å². The molecule has 0 saturated heterocycles. The number of rotatable bonds is 2. The molecule has 1 heteroatoms. The maximum Gasteiger partial charge on any atom is 0.0178 e. The van der Waals surface area contributed by atoms with Crippen LogP contribution >= 0.6 is 0 Å². The van der Waals surface area contributed by atoms with Gasteiger partial charge in [0.15, 0.2) is 0 Å². The lowest BCUT2D eigenvalue weighted by Crippen LogP contribution is -2.07. The zero-order valence-corrected chi connectivity index (χ0v) is 10.9. The first-order valence-electron chi connectivity index (χ1n) is 7.10. The van der Waals surface area contributed by atoms with Crippen LogP contribution in [0.4, 0.5) is 0 Å². The van der Waals surface area contributed by atoms with E-state index in [1.165, 1.54) is 54.0 Å². The van der Waals surface area contributed by atoms with E-state index in [0.29, 0.717) is 6.54 Å². The lowest BCUT2D eigenvalue weighted by atomic mass is 9.81. The van der Waals surface area contributed by atoms with E-state index in [9.17, 15) is 0 Å². The van der Waals surface area contributed by atoms with Crippen LogP contribution < -0.4 is 5.73 Å². The van der Waals surface area contributed by atoms with E-state index in [1.807, 2.05) is 0 Å². The second-order valence-corrected chi connectivity index (χ2v) is 5.45. The summed E-state index contributed by atoms with van der Waals surface area (Å²) >= 11 is 0. The maximum absolute atomic E-state index is 5.84. The van der Waals surface area contributed by atoms with Gasteiger partial charge in [-0.1, -0.05) is 49.6 Å². The van der Waals surface area contributed by atoms with Gasteiger partial charge in [-0.25, -0.2) is 0 Å². The van der Waals surface area contributed by atoms with Crippen molar-refractivity contribution in [2.24, 2.45) is 5.73 Å². The van der Waals surface area contributed by atoms with Crippen molar-refractivity contribution in [3.8, 4) is 0 Å². The second kappa shape index (κ2) is 5.11. The molecule has 1 aliphatic rings. The highest BCUT2D eigenvalue weighted by molar-refractivity contribution is 5.87. The van der Waals surface area contributed by atoms with Crippen molar-refractivity contribution in [3.05, 3.63) is 47.5 Å². The molecule has 0 unspecified atom stereocenters. The Labute approximate surface area is 109 Å². The summed E-state index contributed by atoms with van der Waals surface area (Å²) in [5.74, 6) is 0.746. The first-order chi connectivity index (χ1) is 8.88. The Morgan fingerprint density at radius 3 is 2.56 bits per heavy atom. The fourth-order valence-corrected chi connectivity index (χ4v) is 3.27. The maximum atomic E-state index is 5.84. The first-order valence-corrected chi connectivity index (χ1v) is 7.10. The van der Waals surface area contributed by atoms with Crippen molar-refractivity contribution in [1.29, 1.82) is 0 Å². The monoisotopic (exact) mass is 239 g/mol. The quantitative estimate of drug-likeness (QED) is 0.828. The Morgan fingerprint density at radius 2 is 1.78 bits per heavy atom. The van der Waals surface area contributed by atoms with Gasteiger partial charge in [-0.2, -0.15) is 0 Å². The number of nitrogens with two attached hydrogens (primary N) is 1. The molecule has 1 aliphatic carbocycles. The molecular formula is C17H21N. The van der Waals surface area contributed by atoms with Crippen molar-refractivity contribution in [2.75, 3.05) is 0 Å². The van der Waals surface area contributed by atoms with Gasteiger partial charge in [0.1, 0.15) is 0 Å². The van der Waals surface area contributed by atoms with E-state index < -0.39 is 0 Å². The van der Waals surface area contributed by atoms with Crippen molar-refractivity contribution in [3.63, 3.8) is 0 Å². The van der Waals surface area contributed by atoms with E-state index in [-0.39, 0.29) is 0 Å². The normalized spacial score (nSPS) is 17.2. The largest absolute Gasteiger partial charge is 0.326 e. The molecule has 0 aliphatic heterocycles. The van der Waals surface area contributed by atoms with Crippen LogP contribution in [0.5, 0.6) is 0 Å². The first kappa shape index (κ1) is 11.7. The summed E-state index contributed by atoms with van der Waals surface area (Å²) in [6, 6.07) is 13.3. The zero-order valence-electron chi connectivity index (χ0n) is 10.9. The zero-order chi connectivity index (χ0) is 12.4. The van der Waals surface area contributed by atoms with Crippen LogP contribution in [0.15, 0.2) is 36.4 Å². The molecule has 0 amide bonds. The van der Waals surface area contributed by atoms with Crippen LogP contribution in [0.3, 0.4) is 0 Å². The average molecular weight is 239 g/mol. The van der Waals surface area contributed by atoms with Crippen molar-refractivity contribution < 1.29 is 0 Å². The Bertz CT molecular complexity index is 538. The minimum absolute atomic E-state index is 0.643. The number of hydrogen-bond donors (Lipinski definition) is 1. The molecule has 94 valence electrons. The van der Waals surface area contributed by atoms with E-state index in [4.69, 9.17) is 5.73 Å². The molecule has 2 aromatic carbocycles. The molecule has 0 atom stereocenters. The van der Waals surface area contributed by atoms with Gasteiger partial charge < -0.3 is 5.73 Å². The molecule has 3 rings (SSSR count). The van der Waals surface area contributed by atoms with Gasteiger partial charge in [0.05, 0.1) is 0 Å². The molecule has 1 fully saturated rings. The van der Waals surface area contributed by atoms with E-state index in [1.54, 1.807) is 0 Å². The van der Waals surface area contributed by atoms with Crippen molar-refractivity contribution in [2.45, 2.75) is 44.6 Å². The summed E-state index contributed by atoms with van der Waals surface area (Å²) in [6.45, 7) is 0.643. The van der Waals surface area contributed by atoms with Crippen LogP contribution in [0.2, 0.25) is 0 Å². The molecule has 18 heavy (non-hydrogen) atoms. The molecule has 0 radical (unpaired) electrons. The Hall–Kier alpha value is -1.34. The van der Waals surface area contributed by atoms with Gasteiger partial charge in [0.25, 0.3) is 0 Å². The van der Waals surface area contributed by atoms with Gasteiger partial charge in [-0.05, 0) is 46.7 Å². The summed E-state index contributed by atoms with van der Waals surface area (Å²) in [5.41, 5.74) is 8.65. The summed E-state index contributed by atoms with van der Waals surface area (Å²) in [4.78, 5) is 0. The van der Waals surface area contributed by atoms with Crippen LogP contribution in [-0.4, -0.2) is 0 Å². The predicted molar refractivity (Wildman–Crippen MR) is 77.7 cm³/mol. The van der Waals surface area contributed by atoms with Crippen molar-refractivity contribution >= 4 is 10.8 Å². The molecular weight excluding hydrogens is 218 g/mol. The fraction of sp³-hybridized carbons (Fsp3) is 0.412. The third-order valence-corrected chi connectivity index (χ3v) is 4.23. The predicted octanol–water partition coefficient (Wildman–Crippen LogP) is 4.35. The number of hydrogen-bond acceptors (Lipinski definition) is 1. The van der Waals surface area contributed by atoms with Crippen LogP contribution in [-0.2, 0) is 6.54 Å².